The Balaban J connectivity index is 1.82. The van der Waals surface area contributed by atoms with Gasteiger partial charge >= 0.3 is 5.97 Å². The summed E-state index contributed by atoms with van der Waals surface area (Å²) in [6.45, 7) is 1.26. The maximum absolute atomic E-state index is 12.1. The van der Waals surface area contributed by atoms with Crippen LogP contribution in [0.15, 0.2) is 30.3 Å². The van der Waals surface area contributed by atoms with Gasteiger partial charge in [-0.15, -0.1) is 0 Å². The minimum absolute atomic E-state index is 0.391. The Kier molecular flexibility index (Phi) is 5.29. The van der Waals surface area contributed by atoms with Crippen LogP contribution in [0, 0.1) is 5.41 Å². The fourth-order valence-electron chi connectivity index (χ4n) is 3.89. The maximum Gasteiger partial charge on any atom is 0.313 e. The number of benzene rings is 1. The van der Waals surface area contributed by atoms with Crippen molar-refractivity contribution in [3.63, 3.8) is 0 Å². The number of carboxylic acids is 1. The lowest BCUT2D eigenvalue weighted by atomic mass is 9.72. The molecule has 0 unspecified atom stereocenters. The van der Waals surface area contributed by atoms with Gasteiger partial charge in [0.15, 0.2) is 0 Å². The predicted molar refractivity (Wildman–Crippen MR) is 92.8 cm³/mol. The van der Waals surface area contributed by atoms with Crippen LogP contribution in [0.2, 0.25) is 0 Å². The summed E-state index contributed by atoms with van der Waals surface area (Å²) in [4.78, 5) is 14.5. The first kappa shape index (κ1) is 16.8. The molecule has 2 aliphatic rings. The van der Waals surface area contributed by atoms with Crippen molar-refractivity contribution in [2.45, 2.75) is 37.8 Å². The molecule has 0 bridgehead atoms. The summed E-state index contributed by atoms with van der Waals surface area (Å²) in [5, 5.41) is 20.5. The number of aliphatic hydroxyl groups is 1. The third-order valence-electron chi connectivity index (χ3n) is 5.31. The monoisotopic (exact) mass is 335 g/mol. The van der Waals surface area contributed by atoms with Gasteiger partial charge in [0.2, 0.25) is 0 Å². The van der Waals surface area contributed by atoms with E-state index < -0.39 is 17.5 Å². The summed E-state index contributed by atoms with van der Waals surface area (Å²) < 4.78 is 0. The third kappa shape index (κ3) is 3.57. The summed E-state index contributed by atoms with van der Waals surface area (Å²) in [6, 6.07) is 10.2. The van der Waals surface area contributed by atoms with Crippen LogP contribution in [0.25, 0.3) is 0 Å². The SMILES string of the molecule is O=C(O)[C@]1(Cc2ccccc2)CN(C2CCSCC2)CC[C@@H]1O. The smallest absolute Gasteiger partial charge is 0.313 e. The van der Waals surface area contributed by atoms with Crippen molar-refractivity contribution >= 4 is 17.7 Å². The number of thioether (sulfide) groups is 1. The van der Waals surface area contributed by atoms with Crippen LogP contribution in [-0.4, -0.2) is 57.8 Å². The van der Waals surface area contributed by atoms with Crippen molar-refractivity contribution < 1.29 is 15.0 Å². The standard InChI is InChI=1S/C18H25NO3S/c20-16-6-9-19(15-7-10-23-11-8-15)13-18(16,17(21)22)12-14-4-2-1-3-5-14/h1-5,15-16,20H,6-13H2,(H,21,22)/t16-,18+/m0/s1. The lowest BCUT2D eigenvalue weighted by Crippen LogP contribution is -2.59. The van der Waals surface area contributed by atoms with E-state index in [1.165, 1.54) is 0 Å². The number of carboxylic acid groups (broad SMARTS) is 1. The van der Waals surface area contributed by atoms with Gasteiger partial charge in [0.1, 0.15) is 5.41 Å². The topological polar surface area (TPSA) is 60.8 Å². The van der Waals surface area contributed by atoms with E-state index in [0.717, 1.165) is 36.5 Å². The van der Waals surface area contributed by atoms with Gasteiger partial charge in [-0.05, 0) is 42.8 Å². The van der Waals surface area contributed by atoms with Crippen LogP contribution in [-0.2, 0) is 11.2 Å². The molecule has 2 aliphatic heterocycles. The number of carbonyl (C=O) groups is 1. The first-order chi connectivity index (χ1) is 11.1. The molecule has 5 heteroatoms. The van der Waals surface area contributed by atoms with Gasteiger partial charge in [0.05, 0.1) is 6.10 Å². The minimum atomic E-state index is -1.09. The molecule has 3 rings (SSSR count). The largest absolute Gasteiger partial charge is 0.481 e. The van der Waals surface area contributed by atoms with E-state index in [1.807, 2.05) is 42.1 Å². The van der Waals surface area contributed by atoms with Crippen molar-refractivity contribution in [2.24, 2.45) is 5.41 Å². The molecule has 0 radical (unpaired) electrons. The van der Waals surface area contributed by atoms with Crippen molar-refractivity contribution in [3.8, 4) is 0 Å². The lowest BCUT2D eigenvalue weighted by Gasteiger charge is -2.47. The Morgan fingerprint density at radius 1 is 1.22 bits per heavy atom. The number of aliphatic carboxylic acids is 1. The molecular weight excluding hydrogens is 310 g/mol. The van der Waals surface area contributed by atoms with Crippen LogP contribution in [0.3, 0.4) is 0 Å². The van der Waals surface area contributed by atoms with Crippen molar-refractivity contribution in [1.29, 1.82) is 0 Å². The molecule has 2 N–H and O–H groups in total. The molecule has 1 aromatic rings. The fraction of sp³-hybridized carbons (Fsp3) is 0.611. The molecule has 0 aromatic heterocycles. The minimum Gasteiger partial charge on any atom is -0.481 e. The highest BCUT2D eigenvalue weighted by atomic mass is 32.2. The molecule has 2 fully saturated rings. The van der Waals surface area contributed by atoms with Gasteiger partial charge in [-0.2, -0.15) is 11.8 Å². The highest BCUT2D eigenvalue weighted by molar-refractivity contribution is 7.99. The summed E-state index contributed by atoms with van der Waals surface area (Å²) in [7, 11) is 0. The average molecular weight is 335 g/mol. The molecular formula is C18H25NO3S. The first-order valence-corrected chi connectivity index (χ1v) is 9.54. The summed E-state index contributed by atoms with van der Waals surface area (Å²) in [6.07, 6.45) is 2.41. The third-order valence-corrected chi connectivity index (χ3v) is 6.36. The summed E-state index contributed by atoms with van der Waals surface area (Å²) in [5.74, 6) is 1.44. The first-order valence-electron chi connectivity index (χ1n) is 8.39. The summed E-state index contributed by atoms with van der Waals surface area (Å²) >= 11 is 1.98. The second-order valence-electron chi connectivity index (χ2n) is 6.74. The zero-order valence-corrected chi connectivity index (χ0v) is 14.2. The predicted octanol–water partition coefficient (Wildman–Crippen LogP) is 2.26. The van der Waals surface area contributed by atoms with E-state index in [1.54, 1.807) is 0 Å². The number of aliphatic hydroxyl groups excluding tert-OH is 1. The fourth-order valence-corrected chi connectivity index (χ4v) is 4.97. The Morgan fingerprint density at radius 2 is 1.91 bits per heavy atom. The van der Waals surface area contributed by atoms with Gasteiger partial charge in [-0.25, -0.2) is 0 Å². The molecule has 0 saturated carbocycles. The number of likely N-dealkylation sites (tertiary alicyclic amines) is 1. The second kappa shape index (κ2) is 7.24. The van der Waals surface area contributed by atoms with Gasteiger partial charge in [0, 0.05) is 19.1 Å². The van der Waals surface area contributed by atoms with Crippen molar-refractivity contribution in [1.82, 2.24) is 4.90 Å². The molecule has 2 atom stereocenters. The molecule has 0 aliphatic carbocycles. The van der Waals surface area contributed by atoms with E-state index in [4.69, 9.17) is 0 Å². The van der Waals surface area contributed by atoms with Crippen LogP contribution >= 0.6 is 11.8 Å². The van der Waals surface area contributed by atoms with Crippen LogP contribution in [0.1, 0.15) is 24.8 Å². The van der Waals surface area contributed by atoms with E-state index in [-0.39, 0.29) is 0 Å². The highest BCUT2D eigenvalue weighted by Crippen LogP contribution is 2.37. The zero-order chi connectivity index (χ0) is 16.3. The van der Waals surface area contributed by atoms with E-state index in [0.29, 0.717) is 25.4 Å². The Hall–Kier alpha value is -1.04. The highest BCUT2D eigenvalue weighted by Gasteiger charge is 2.50. The zero-order valence-electron chi connectivity index (χ0n) is 13.4. The Labute approximate surface area is 141 Å². The van der Waals surface area contributed by atoms with Crippen LogP contribution in [0.4, 0.5) is 0 Å². The molecule has 23 heavy (non-hydrogen) atoms. The average Bonchev–Trinajstić information content (AvgIpc) is 2.58. The molecule has 0 amide bonds. The number of nitrogens with zero attached hydrogens (tertiary/aromatic N) is 1. The van der Waals surface area contributed by atoms with Gasteiger partial charge in [0.25, 0.3) is 0 Å². The number of piperidine rings is 1. The summed E-state index contributed by atoms with van der Waals surface area (Å²) in [5.41, 5.74) is -0.112. The van der Waals surface area contributed by atoms with E-state index in [2.05, 4.69) is 4.90 Å². The number of hydrogen-bond acceptors (Lipinski definition) is 4. The second-order valence-corrected chi connectivity index (χ2v) is 7.97. The maximum atomic E-state index is 12.1. The van der Waals surface area contributed by atoms with Crippen LogP contribution in [0.5, 0.6) is 0 Å². The molecule has 2 heterocycles. The molecule has 1 aromatic carbocycles. The normalized spacial score (nSPS) is 30.2. The van der Waals surface area contributed by atoms with Gasteiger partial charge in [-0.1, -0.05) is 30.3 Å². The van der Waals surface area contributed by atoms with E-state index in [9.17, 15) is 15.0 Å². The number of rotatable bonds is 4. The quantitative estimate of drug-likeness (QED) is 0.884. The van der Waals surface area contributed by atoms with E-state index >= 15 is 0 Å². The Bertz CT molecular complexity index is 532. The molecule has 0 spiro atoms. The molecule has 126 valence electrons. The van der Waals surface area contributed by atoms with Gasteiger partial charge in [-0.3, -0.25) is 9.69 Å². The molecule has 2 saturated heterocycles. The number of hydrogen-bond donors (Lipinski definition) is 2. The Morgan fingerprint density at radius 3 is 2.57 bits per heavy atom. The lowest BCUT2D eigenvalue weighted by molar-refractivity contribution is -0.164. The van der Waals surface area contributed by atoms with Gasteiger partial charge < -0.3 is 10.2 Å². The molecule has 4 nitrogen and oxygen atoms in total. The van der Waals surface area contributed by atoms with Crippen molar-refractivity contribution in [2.75, 3.05) is 24.6 Å². The van der Waals surface area contributed by atoms with Crippen LogP contribution < -0.4 is 0 Å². The van der Waals surface area contributed by atoms with Crippen molar-refractivity contribution in [3.05, 3.63) is 35.9 Å².